The summed E-state index contributed by atoms with van der Waals surface area (Å²) in [6.45, 7) is 3.97. The largest absolute Gasteiger partial charge is 0.394 e. The number of carbonyl (C=O) groups is 1. The Kier molecular flexibility index (Phi) is 7.81. The van der Waals surface area contributed by atoms with Gasteiger partial charge in [-0.15, -0.1) is 0 Å². The highest BCUT2D eigenvalue weighted by Gasteiger charge is 2.03. The van der Waals surface area contributed by atoms with Crippen molar-refractivity contribution in [3.8, 4) is 0 Å². The Labute approximate surface area is 114 Å². The van der Waals surface area contributed by atoms with Crippen LogP contribution in [-0.2, 0) is 9.53 Å². The highest BCUT2D eigenvalue weighted by molar-refractivity contribution is 5.92. The molecule has 1 aromatic rings. The fourth-order valence-corrected chi connectivity index (χ4v) is 1.58. The molecule has 0 spiro atoms. The predicted octanol–water partition coefficient (Wildman–Crippen LogP) is 0.922. The average molecular weight is 266 g/mol. The van der Waals surface area contributed by atoms with Crippen LogP contribution in [0.15, 0.2) is 24.3 Å². The van der Waals surface area contributed by atoms with E-state index >= 15 is 0 Å². The summed E-state index contributed by atoms with van der Waals surface area (Å²) in [5.41, 5.74) is 1.90. The highest BCUT2D eigenvalue weighted by Crippen LogP contribution is 2.12. The van der Waals surface area contributed by atoms with Crippen molar-refractivity contribution in [2.75, 3.05) is 38.2 Å². The maximum Gasteiger partial charge on any atom is 0.238 e. The van der Waals surface area contributed by atoms with Gasteiger partial charge in [-0.25, -0.2) is 0 Å². The summed E-state index contributed by atoms with van der Waals surface area (Å²) in [6, 6.07) is 7.68. The Morgan fingerprint density at radius 2 is 2.11 bits per heavy atom. The topological polar surface area (TPSA) is 70.6 Å². The monoisotopic (exact) mass is 266 g/mol. The number of hydrogen-bond acceptors (Lipinski definition) is 4. The van der Waals surface area contributed by atoms with Gasteiger partial charge in [0, 0.05) is 12.3 Å². The van der Waals surface area contributed by atoms with Gasteiger partial charge in [0.2, 0.25) is 5.91 Å². The van der Waals surface area contributed by atoms with Gasteiger partial charge in [0.15, 0.2) is 0 Å². The maximum atomic E-state index is 11.7. The van der Waals surface area contributed by atoms with Crippen LogP contribution in [0.3, 0.4) is 0 Å². The van der Waals surface area contributed by atoms with Gasteiger partial charge in [0.1, 0.15) is 0 Å². The van der Waals surface area contributed by atoms with Gasteiger partial charge in [-0.2, -0.15) is 0 Å². The smallest absolute Gasteiger partial charge is 0.238 e. The summed E-state index contributed by atoms with van der Waals surface area (Å²) in [7, 11) is 0. The summed E-state index contributed by atoms with van der Waals surface area (Å²) in [6.07, 6.45) is 0.817. The van der Waals surface area contributed by atoms with Crippen LogP contribution < -0.4 is 10.6 Å². The number of aryl methyl sites for hydroxylation is 1. The summed E-state index contributed by atoms with van der Waals surface area (Å²) in [5, 5.41) is 14.4. The van der Waals surface area contributed by atoms with E-state index in [4.69, 9.17) is 9.84 Å². The van der Waals surface area contributed by atoms with Crippen molar-refractivity contribution in [2.45, 2.75) is 13.3 Å². The molecule has 0 aromatic heterocycles. The third kappa shape index (κ3) is 6.91. The first kappa shape index (κ1) is 15.6. The number of carbonyl (C=O) groups excluding carboxylic acids is 1. The molecule has 1 amide bonds. The number of amides is 1. The van der Waals surface area contributed by atoms with Gasteiger partial charge < -0.3 is 20.5 Å². The molecule has 0 heterocycles. The van der Waals surface area contributed by atoms with Gasteiger partial charge in [-0.05, 0) is 31.5 Å². The average Bonchev–Trinajstić information content (AvgIpc) is 2.40. The van der Waals surface area contributed by atoms with E-state index in [0.29, 0.717) is 19.8 Å². The molecule has 0 saturated carbocycles. The van der Waals surface area contributed by atoms with E-state index in [9.17, 15) is 4.79 Å². The first-order valence-electron chi connectivity index (χ1n) is 6.49. The molecule has 0 saturated heterocycles. The van der Waals surface area contributed by atoms with Crippen LogP contribution in [-0.4, -0.2) is 43.9 Å². The van der Waals surface area contributed by atoms with E-state index < -0.39 is 0 Å². The van der Waals surface area contributed by atoms with Gasteiger partial charge >= 0.3 is 0 Å². The second-order valence-electron chi connectivity index (χ2n) is 4.23. The molecule has 0 aliphatic heterocycles. The van der Waals surface area contributed by atoms with Crippen molar-refractivity contribution in [1.82, 2.24) is 5.32 Å². The van der Waals surface area contributed by atoms with Crippen molar-refractivity contribution < 1.29 is 14.6 Å². The zero-order valence-corrected chi connectivity index (χ0v) is 11.3. The van der Waals surface area contributed by atoms with Crippen LogP contribution in [0.5, 0.6) is 0 Å². The third-order valence-corrected chi connectivity index (χ3v) is 2.58. The van der Waals surface area contributed by atoms with E-state index in [1.54, 1.807) is 0 Å². The molecule has 0 fully saturated rings. The first-order valence-corrected chi connectivity index (χ1v) is 6.49. The number of para-hydroxylation sites is 1. The molecule has 1 aromatic carbocycles. The van der Waals surface area contributed by atoms with E-state index in [-0.39, 0.29) is 19.1 Å². The molecule has 5 heteroatoms. The van der Waals surface area contributed by atoms with Gasteiger partial charge in [0.05, 0.1) is 19.8 Å². The fourth-order valence-electron chi connectivity index (χ4n) is 1.58. The third-order valence-electron chi connectivity index (χ3n) is 2.58. The van der Waals surface area contributed by atoms with Gasteiger partial charge in [0.25, 0.3) is 0 Å². The summed E-state index contributed by atoms with van der Waals surface area (Å²) >= 11 is 0. The summed E-state index contributed by atoms with van der Waals surface area (Å²) in [4.78, 5) is 11.7. The van der Waals surface area contributed by atoms with Crippen LogP contribution in [0, 0.1) is 6.92 Å². The Hall–Kier alpha value is -1.43. The zero-order chi connectivity index (χ0) is 13.9. The number of benzene rings is 1. The molecule has 5 nitrogen and oxygen atoms in total. The van der Waals surface area contributed by atoms with Crippen LogP contribution in [0.1, 0.15) is 12.0 Å². The van der Waals surface area contributed by atoms with Crippen LogP contribution in [0.2, 0.25) is 0 Å². The van der Waals surface area contributed by atoms with Crippen molar-refractivity contribution in [3.63, 3.8) is 0 Å². The Bertz CT molecular complexity index is 383. The Balaban J connectivity index is 2.10. The van der Waals surface area contributed by atoms with Crippen molar-refractivity contribution in [3.05, 3.63) is 29.8 Å². The number of rotatable bonds is 9. The zero-order valence-electron chi connectivity index (χ0n) is 11.3. The Morgan fingerprint density at radius 1 is 1.32 bits per heavy atom. The van der Waals surface area contributed by atoms with Gasteiger partial charge in [-0.3, -0.25) is 4.79 Å². The molecular formula is C14H22N2O3. The number of aliphatic hydroxyl groups is 1. The van der Waals surface area contributed by atoms with Crippen molar-refractivity contribution >= 4 is 11.6 Å². The molecule has 0 aliphatic rings. The van der Waals surface area contributed by atoms with E-state index in [2.05, 4.69) is 10.6 Å². The second kappa shape index (κ2) is 9.49. The molecule has 19 heavy (non-hydrogen) atoms. The molecule has 0 aliphatic carbocycles. The van der Waals surface area contributed by atoms with Crippen molar-refractivity contribution in [1.29, 1.82) is 0 Å². The van der Waals surface area contributed by atoms with Crippen LogP contribution in [0.25, 0.3) is 0 Å². The molecule has 1 rings (SSSR count). The van der Waals surface area contributed by atoms with Crippen molar-refractivity contribution in [2.24, 2.45) is 0 Å². The number of nitrogens with one attached hydrogen (secondary N) is 2. The number of ether oxygens (including phenoxy) is 1. The minimum Gasteiger partial charge on any atom is -0.394 e. The van der Waals surface area contributed by atoms with Gasteiger partial charge in [-0.1, -0.05) is 18.2 Å². The lowest BCUT2D eigenvalue weighted by molar-refractivity contribution is -0.115. The highest BCUT2D eigenvalue weighted by atomic mass is 16.5. The van der Waals surface area contributed by atoms with Crippen LogP contribution >= 0.6 is 0 Å². The maximum absolute atomic E-state index is 11.7. The van der Waals surface area contributed by atoms with Crippen LogP contribution in [0.4, 0.5) is 5.69 Å². The molecule has 0 bridgehead atoms. The minimum absolute atomic E-state index is 0.0479. The standard InChI is InChI=1S/C14H22N2O3/c1-12-5-2-3-6-13(12)16-14(18)11-15-7-4-9-19-10-8-17/h2-3,5-6,15,17H,4,7-11H2,1H3,(H,16,18). The molecule has 0 radical (unpaired) electrons. The lowest BCUT2D eigenvalue weighted by atomic mass is 10.2. The SMILES string of the molecule is Cc1ccccc1NC(=O)CNCCCOCCO. The fraction of sp³-hybridized carbons (Fsp3) is 0.500. The molecule has 0 unspecified atom stereocenters. The summed E-state index contributed by atoms with van der Waals surface area (Å²) in [5.74, 6) is -0.0504. The van der Waals surface area contributed by atoms with E-state index in [0.717, 1.165) is 17.7 Å². The molecular weight excluding hydrogens is 244 g/mol. The Morgan fingerprint density at radius 3 is 2.84 bits per heavy atom. The van der Waals surface area contributed by atoms with E-state index in [1.165, 1.54) is 0 Å². The second-order valence-corrected chi connectivity index (χ2v) is 4.23. The number of anilines is 1. The number of aliphatic hydroxyl groups excluding tert-OH is 1. The minimum atomic E-state index is -0.0504. The number of hydrogen-bond donors (Lipinski definition) is 3. The molecule has 0 atom stereocenters. The lowest BCUT2D eigenvalue weighted by Crippen LogP contribution is -2.29. The molecule has 106 valence electrons. The quantitative estimate of drug-likeness (QED) is 0.581. The predicted molar refractivity (Wildman–Crippen MR) is 75.2 cm³/mol. The molecule has 3 N–H and O–H groups in total. The van der Waals surface area contributed by atoms with E-state index in [1.807, 2.05) is 31.2 Å². The lowest BCUT2D eigenvalue weighted by Gasteiger charge is -2.09. The normalized spacial score (nSPS) is 10.4. The first-order chi connectivity index (χ1) is 9.24. The summed E-state index contributed by atoms with van der Waals surface area (Å²) < 4.78 is 5.11.